The first kappa shape index (κ1) is 15.0. The molecular formula is C13H20BrClN2. The van der Waals surface area contributed by atoms with Crippen LogP contribution in [0.5, 0.6) is 0 Å². The van der Waals surface area contributed by atoms with Gasteiger partial charge in [-0.3, -0.25) is 0 Å². The van der Waals surface area contributed by atoms with Gasteiger partial charge in [0.05, 0.1) is 0 Å². The van der Waals surface area contributed by atoms with Crippen molar-refractivity contribution in [2.24, 2.45) is 0 Å². The lowest BCUT2D eigenvalue weighted by molar-refractivity contribution is 0.273. The molecule has 2 nitrogen and oxygen atoms in total. The minimum Gasteiger partial charge on any atom is -0.311 e. The lowest BCUT2D eigenvalue weighted by Crippen LogP contribution is -2.33. The third-order valence-corrected chi connectivity index (χ3v) is 3.83. The number of likely N-dealkylation sites (N-methyl/N-ethyl adjacent to an activating group) is 1. The van der Waals surface area contributed by atoms with E-state index in [0.29, 0.717) is 6.04 Å². The van der Waals surface area contributed by atoms with Crippen molar-refractivity contribution in [2.45, 2.75) is 26.4 Å². The standard InChI is InChI=1S/C13H20BrClN2/c1-10(2)17(3)7-6-16-9-11-4-5-12(15)8-13(11)14/h4-5,8,10,16H,6-7,9H2,1-3H3. The van der Waals surface area contributed by atoms with Crippen LogP contribution >= 0.6 is 27.5 Å². The van der Waals surface area contributed by atoms with Crippen LogP contribution in [0, 0.1) is 0 Å². The zero-order valence-electron chi connectivity index (χ0n) is 10.6. The fourth-order valence-corrected chi connectivity index (χ4v) is 2.22. The Kier molecular flexibility index (Phi) is 6.49. The number of halogens is 2. The number of rotatable bonds is 6. The summed E-state index contributed by atoms with van der Waals surface area (Å²) in [6.45, 7) is 7.32. The molecule has 0 unspecified atom stereocenters. The summed E-state index contributed by atoms with van der Waals surface area (Å²) in [5.41, 5.74) is 1.24. The molecule has 0 heterocycles. The molecule has 0 saturated carbocycles. The van der Waals surface area contributed by atoms with Gasteiger partial charge in [-0.1, -0.05) is 33.6 Å². The van der Waals surface area contributed by atoms with Crippen LogP contribution in [0.1, 0.15) is 19.4 Å². The third-order valence-electron chi connectivity index (χ3n) is 2.85. The van der Waals surface area contributed by atoms with Crippen molar-refractivity contribution >= 4 is 27.5 Å². The average molecular weight is 320 g/mol. The topological polar surface area (TPSA) is 15.3 Å². The van der Waals surface area contributed by atoms with Crippen molar-refractivity contribution in [3.63, 3.8) is 0 Å². The Morgan fingerprint density at radius 3 is 2.71 bits per heavy atom. The molecular weight excluding hydrogens is 300 g/mol. The van der Waals surface area contributed by atoms with E-state index in [4.69, 9.17) is 11.6 Å². The van der Waals surface area contributed by atoms with Crippen LogP contribution in [-0.4, -0.2) is 31.1 Å². The zero-order valence-corrected chi connectivity index (χ0v) is 13.0. The SMILES string of the molecule is CC(C)N(C)CCNCc1ccc(Cl)cc1Br. The van der Waals surface area contributed by atoms with E-state index in [9.17, 15) is 0 Å². The Morgan fingerprint density at radius 1 is 1.41 bits per heavy atom. The quantitative estimate of drug-likeness (QED) is 0.807. The highest BCUT2D eigenvalue weighted by molar-refractivity contribution is 9.10. The Balaban J connectivity index is 2.31. The molecule has 0 atom stereocenters. The van der Waals surface area contributed by atoms with Crippen LogP contribution in [0.4, 0.5) is 0 Å². The monoisotopic (exact) mass is 318 g/mol. The second-order valence-corrected chi connectivity index (χ2v) is 5.78. The Hall–Kier alpha value is -0.0900. The normalized spacial score (nSPS) is 11.5. The second-order valence-electron chi connectivity index (χ2n) is 4.49. The third kappa shape index (κ3) is 5.38. The summed E-state index contributed by atoms with van der Waals surface area (Å²) in [7, 11) is 2.14. The zero-order chi connectivity index (χ0) is 12.8. The number of nitrogens with one attached hydrogen (secondary N) is 1. The van der Waals surface area contributed by atoms with Gasteiger partial charge in [-0.2, -0.15) is 0 Å². The van der Waals surface area contributed by atoms with Crippen LogP contribution in [0.3, 0.4) is 0 Å². The molecule has 17 heavy (non-hydrogen) atoms. The van der Waals surface area contributed by atoms with Crippen molar-refractivity contribution in [1.29, 1.82) is 0 Å². The summed E-state index contributed by atoms with van der Waals surface area (Å²) in [6.07, 6.45) is 0. The van der Waals surface area contributed by atoms with E-state index >= 15 is 0 Å². The van der Waals surface area contributed by atoms with Gasteiger partial charge in [-0.05, 0) is 38.6 Å². The molecule has 0 spiro atoms. The van der Waals surface area contributed by atoms with Gasteiger partial charge >= 0.3 is 0 Å². The van der Waals surface area contributed by atoms with E-state index in [-0.39, 0.29) is 0 Å². The summed E-state index contributed by atoms with van der Waals surface area (Å²) in [5, 5.41) is 4.20. The van der Waals surface area contributed by atoms with E-state index in [0.717, 1.165) is 29.1 Å². The molecule has 0 radical (unpaired) electrons. The van der Waals surface area contributed by atoms with Gasteiger partial charge in [0.1, 0.15) is 0 Å². The first-order valence-electron chi connectivity index (χ1n) is 5.85. The lowest BCUT2D eigenvalue weighted by Gasteiger charge is -2.21. The van der Waals surface area contributed by atoms with E-state index in [1.807, 2.05) is 18.2 Å². The number of nitrogens with zero attached hydrogens (tertiary/aromatic N) is 1. The van der Waals surface area contributed by atoms with E-state index in [1.54, 1.807) is 0 Å². The molecule has 4 heteroatoms. The molecule has 0 aromatic heterocycles. The molecule has 0 amide bonds. The Bertz CT molecular complexity index is 355. The predicted molar refractivity (Wildman–Crippen MR) is 78.6 cm³/mol. The Labute approximate surface area is 117 Å². The van der Waals surface area contributed by atoms with E-state index < -0.39 is 0 Å². The van der Waals surface area contributed by atoms with Crippen molar-refractivity contribution in [1.82, 2.24) is 10.2 Å². The maximum absolute atomic E-state index is 5.90. The van der Waals surface area contributed by atoms with Crippen molar-refractivity contribution < 1.29 is 0 Å². The largest absolute Gasteiger partial charge is 0.311 e. The maximum Gasteiger partial charge on any atom is 0.0417 e. The van der Waals surface area contributed by atoms with Gasteiger partial charge in [-0.25, -0.2) is 0 Å². The first-order valence-corrected chi connectivity index (χ1v) is 7.02. The molecule has 0 bridgehead atoms. The highest BCUT2D eigenvalue weighted by atomic mass is 79.9. The predicted octanol–water partition coefficient (Wildman–Crippen LogP) is 3.53. The van der Waals surface area contributed by atoms with Crippen LogP contribution in [0.15, 0.2) is 22.7 Å². The number of hydrogen-bond donors (Lipinski definition) is 1. The number of benzene rings is 1. The lowest BCUT2D eigenvalue weighted by atomic mass is 10.2. The minimum absolute atomic E-state index is 0.596. The second kappa shape index (κ2) is 7.37. The number of hydrogen-bond acceptors (Lipinski definition) is 2. The molecule has 0 aliphatic heterocycles. The van der Waals surface area contributed by atoms with E-state index in [1.165, 1.54) is 5.56 Å². The summed E-state index contributed by atoms with van der Waals surface area (Å²) in [4.78, 5) is 2.32. The summed E-state index contributed by atoms with van der Waals surface area (Å²) in [6, 6.07) is 6.49. The van der Waals surface area contributed by atoms with Crippen molar-refractivity contribution in [2.75, 3.05) is 20.1 Å². The summed E-state index contributed by atoms with van der Waals surface area (Å²) in [5.74, 6) is 0. The summed E-state index contributed by atoms with van der Waals surface area (Å²) < 4.78 is 1.06. The molecule has 1 rings (SSSR count). The molecule has 1 N–H and O–H groups in total. The molecule has 1 aromatic rings. The van der Waals surface area contributed by atoms with Gasteiger partial charge in [0.25, 0.3) is 0 Å². The maximum atomic E-state index is 5.90. The molecule has 0 saturated heterocycles. The molecule has 0 fully saturated rings. The van der Waals surface area contributed by atoms with Crippen LogP contribution in [0.2, 0.25) is 5.02 Å². The molecule has 1 aromatic carbocycles. The fourth-order valence-electron chi connectivity index (χ4n) is 1.40. The van der Waals surface area contributed by atoms with Gasteiger partial charge in [0, 0.05) is 35.2 Å². The van der Waals surface area contributed by atoms with Gasteiger partial charge in [-0.15, -0.1) is 0 Å². The smallest absolute Gasteiger partial charge is 0.0417 e. The van der Waals surface area contributed by atoms with Crippen LogP contribution in [0.25, 0.3) is 0 Å². The van der Waals surface area contributed by atoms with Crippen molar-refractivity contribution in [3.8, 4) is 0 Å². The fraction of sp³-hybridized carbons (Fsp3) is 0.538. The minimum atomic E-state index is 0.596. The highest BCUT2D eigenvalue weighted by Gasteiger charge is 2.03. The van der Waals surface area contributed by atoms with Gasteiger partial charge in [0.15, 0.2) is 0 Å². The molecule has 0 aliphatic carbocycles. The Morgan fingerprint density at radius 2 is 2.12 bits per heavy atom. The molecule has 0 aliphatic rings. The van der Waals surface area contributed by atoms with E-state index in [2.05, 4.69) is 47.0 Å². The van der Waals surface area contributed by atoms with Crippen molar-refractivity contribution in [3.05, 3.63) is 33.3 Å². The van der Waals surface area contributed by atoms with Crippen LogP contribution in [-0.2, 0) is 6.54 Å². The first-order chi connectivity index (χ1) is 8.00. The average Bonchev–Trinajstić information content (AvgIpc) is 2.26. The van der Waals surface area contributed by atoms with Gasteiger partial charge in [0.2, 0.25) is 0 Å². The summed E-state index contributed by atoms with van der Waals surface area (Å²) >= 11 is 9.41. The molecule has 96 valence electrons. The highest BCUT2D eigenvalue weighted by Crippen LogP contribution is 2.21. The van der Waals surface area contributed by atoms with Gasteiger partial charge < -0.3 is 10.2 Å². The van der Waals surface area contributed by atoms with Crippen LogP contribution < -0.4 is 5.32 Å².